The zero-order chi connectivity index (χ0) is 24.6. The summed E-state index contributed by atoms with van der Waals surface area (Å²) >= 11 is 12.3. The first-order valence-electron chi connectivity index (χ1n) is 9.87. The maximum atomic E-state index is 14.8. The van der Waals surface area contributed by atoms with Crippen LogP contribution in [0, 0.1) is 5.82 Å². The Bertz CT molecular complexity index is 1380. The van der Waals surface area contributed by atoms with Crippen LogP contribution in [0.25, 0.3) is 11.5 Å². The molecule has 2 amide bonds. The predicted octanol–water partition coefficient (Wildman–Crippen LogP) is 3.50. The lowest BCUT2D eigenvalue weighted by Gasteiger charge is -2.27. The summed E-state index contributed by atoms with van der Waals surface area (Å²) in [5.74, 6) is -2.95. The molecule has 9 nitrogen and oxygen atoms in total. The van der Waals surface area contributed by atoms with E-state index in [9.17, 15) is 22.4 Å². The van der Waals surface area contributed by atoms with Crippen LogP contribution in [-0.4, -0.2) is 54.7 Å². The molecule has 2 aromatic carbocycles. The Labute approximate surface area is 203 Å². The van der Waals surface area contributed by atoms with Crippen molar-refractivity contribution in [3.8, 4) is 11.5 Å². The Morgan fingerprint density at radius 2 is 1.76 bits per heavy atom. The molecule has 4 rings (SSSR count). The summed E-state index contributed by atoms with van der Waals surface area (Å²) in [5.41, 5.74) is 5.30. The molecular weight excluding hydrogens is 510 g/mol. The van der Waals surface area contributed by atoms with Crippen molar-refractivity contribution in [1.29, 1.82) is 0 Å². The molecule has 0 bridgehead atoms. The number of anilines is 2. The molecule has 13 heteroatoms. The van der Waals surface area contributed by atoms with Gasteiger partial charge in [0, 0.05) is 18.8 Å². The summed E-state index contributed by atoms with van der Waals surface area (Å²) < 4.78 is 43.5. The molecule has 1 aliphatic rings. The van der Waals surface area contributed by atoms with Gasteiger partial charge in [-0.1, -0.05) is 29.3 Å². The Balaban J connectivity index is 1.60. The lowest BCUT2D eigenvalue weighted by Crippen LogP contribution is -2.44. The molecule has 0 aliphatic carbocycles. The van der Waals surface area contributed by atoms with Crippen LogP contribution in [0.3, 0.4) is 0 Å². The van der Waals surface area contributed by atoms with Crippen molar-refractivity contribution in [3.63, 3.8) is 0 Å². The zero-order valence-corrected chi connectivity index (χ0v) is 19.7. The minimum Gasteiger partial charge on any atom is -0.419 e. The fourth-order valence-electron chi connectivity index (χ4n) is 3.36. The Morgan fingerprint density at radius 1 is 1.12 bits per heavy atom. The van der Waals surface area contributed by atoms with Gasteiger partial charge in [-0.3, -0.25) is 9.59 Å². The largest absolute Gasteiger partial charge is 0.419 e. The number of aromatic nitrogens is 1. The number of hydrogen-bond donors (Lipinski definition) is 2. The van der Waals surface area contributed by atoms with Crippen molar-refractivity contribution in [3.05, 3.63) is 63.5 Å². The van der Waals surface area contributed by atoms with Crippen LogP contribution in [0.4, 0.5) is 16.0 Å². The van der Waals surface area contributed by atoms with Crippen LogP contribution in [0.2, 0.25) is 10.0 Å². The third-order valence-corrected chi connectivity index (χ3v) is 7.37. The fraction of sp³-hybridized carbons (Fsp3) is 0.190. The number of rotatable bonds is 5. The highest BCUT2D eigenvalue weighted by Gasteiger charge is 2.28. The van der Waals surface area contributed by atoms with Gasteiger partial charge in [0.15, 0.2) is 15.5 Å². The molecule has 1 saturated heterocycles. The van der Waals surface area contributed by atoms with Crippen molar-refractivity contribution in [2.75, 3.05) is 29.9 Å². The summed E-state index contributed by atoms with van der Waals surface area (Å²) in [6.45, 7) is -0.0119. The number of halogens is 3. The average Bonchev–Trinajstić information content (AvgIpc) is 3.17. The second-order valence-electron chi connectivity index (χ2n) is 7.42. The van der Waals surface area contributed by atoms with Gasteiger partial charge in [-0.05, 0) is 30.3 Å². The van der Waals surface area contributed by atoms with E-state index in [0.29, 0.717) is 0 Å². The summed E-state index contributed by atoms with van der Waals surface area (Å²) in [6, 6.07) is 8.42. The molecule has 178 valence electrons. The number of nitrogens with one attached hydrogen (secondary N) is 1. The second-order valence-corrected chi connectivity index (χ2v) is 10.5. The number of sulfone groups is 1. The smallest absolute Gasteiger partial charge is 0.273 e. The van der Waals surface area contributed by atoms with Gasteiger partial charge in [0.25, 0.3) is 11.8 Å². The molecule has 34 heavy (non-hydrogen) atoms. The monoisotopic (exact) mass is 526 g/mol. The van der Waals surface area contributed by atoms with Crippen molar-refractivity contribution in [1.82, 2.24) is 9.88 Å². The van der Waals surface area contributed by atoms with E-state index in [1.165, 1.54) is 17.0 Å². The van der Waals surface area contributed by atoms with Crippen molar-refractivity contribution in [2.24, 2.45) is 5.73 Å². The van der Waals surface area contributed by atoms with Crippen LogP contribution >= 0.6 is 23.2 Å². The third kappa shape index (κ3) is 4.86. The van der Waals surface area contributed by atoms with Crippen LogP contribution in [0.5, 0.6) is 0 Å². The van der Waals surface area contributed by atoms with Gasteiger partial charge < -0.3 is 20.4 Å². The average molecular weight is 527 g/mol. The van der Waals surface area contributed by atoms with Crippen molar-refractivity contribution in [2.45, 2.75) is 0 Å². The maximum absolute atomic E-state index is 14.8. The Kier molecular flexibility index (Phi) is 6.52. The van der Waals surface area contributed by atoms with E-state index in [4.69, 9.17) is 33.4 Å². The normalized spacial score (nSPS) is 15.2. The third-order valence-electron chi connectivity index (χ3n) is 5.13. The number of carbonyl (C=O) groups is 2. The van der Waals surface area contributed by atoms with Gasteiger partial charge in [0.1, 0.15) is 5.82 Å². The first-order valence-corrected chi connectivity index (χ1v) is 12.4. The second kappa shape index (κ2) is 9.24. The molecule has 3 aromatic rings. The van der Waals surface area contributed by atoms with E-state index < -0.39 is 27.5 Å². The number of hydrogen-bond acceptors (Lipinski definition) is 7. The quantitative estimate of drug-likeness (QED) is 0.519. The van der Waals surface area contributed by atoms with E-state index >= 15 is 0 Å². The van der Waals surface area contributed by atoms with E-state index in [1.54, 1.807) is 18.2 Å². The van der Waals surface area contributed by atoms with E-state index in [1.807, 2.05) is 0 Å². The van der Waals surface area contributed by atoms with Gasteiger partial charge in [-0.15, -0.1) is 0 Å². The molecule has 2 heterocycles. The van der Waals surface area contributed by atoms with Crippen LogP contribution in [-0.2, 0) is 9.84 Å². The minimum absolute atomic E-state index is 0.00593. The Morgan fingerprint density at radius 3 is 2.35 bits per heavy atom. The molecule has 1 fully saturated rings. The van der Waals surface area contributed by atoms with Gasteiger partial charge in [-0.25, -0.2) is 17.8 Å². The number of primary amides is 1. The van der Waals surface area contributed by atoms with Gasteiger partial charge in [0.05, 0.1) is 32.7 Å². The van der Waals surface area contributed by atoms with E-state index in [2.05, 4.69) is 10.3 Å². The molecule has 0 saturated carbocycles. The van der Waals surface area contributed by atoms with E-state index in [0.717, 1.165) is 6.07 Å². The van der Waals surface area contributed by atoms with E-state index in [-0.39, 0.29) is 68.9 Å². The lowest BCUT2D eigenvalue weighted by atomic mass is 10.1. The first-order chi connectivity index (χ1) is 16.1. The molecule has 3 N–H and O–H groups in total. The molecule has 1 aromatic heterocycles. The zero-order valence-electron chi connectivity index (χ0n) is 17.3. The van der Waals surface area contributed by atoms with Gasteiger partial charge in [0.2, 0.25) is 11.8 Å². The molecular formula is C21H17Cl2FN4O5S. The summed E-state index contributed by atoms with van der Waals surface area (Å²) in [4.78, 5) is 29.9. The molecule has 1 aliphatic heterocycles. The van der Waals surface area contributed by atoms with Gasteiger partial charge in [-0.2, -0.15) is 0 Å². The summed E-state index contributed by atoms with van der Waals surface area (Å²) in [6.07, 6.45) is 0. The first kappa shape index (κ1) is 24.0. The number of carbonyl (C=O) groups excluding carboxylic acids is 2. The number of amides is 2. The maximum Gasteiger partial charge on any atom is 0.273 e. The number of benzene rings is 2. The predicted molar refractivity (Wildman–Crippen MR) is 125 cm³/mol. The highest BCUT2D eigenvalue weighted by molar-refractivity contribution is 7.91. The summed E-state index contributed by atoms with van der Waals surface area (Å²) in [5, 5.41) is 3.18. The highest BCUT2D eigenvalue weighted by Crippen LogP contribution is 2.37. The highest BCUT2D eigenvalue weighted by atomic mass is 35.5. The standard InChI is InChI=1S/C21H17Cl2FN4O5S/c22-13-2-1-3-14(23)16(13)19-27-17(18(25)29)20(33-19)26-11-4-5-12(15(24)10-11)21(30)28-6-8-34(31,32)9-7-28/h1-5,10,26H,6-9H2,(H2,25,29). The van der Waals surface area contributed by atoms with Crippen molar-refractivity contribution < 1.29 is 26.8 Å². The lowest BCUT2D eigenvalue weighted by molar-refractivity contribution is 0.0765. The minimum atomic E-state index is -3.19. The number of oxazole rings is 1. The topological polar surface area (TPSA) is 136 Å². The van der Waals surface area contributed by atoms with Crippen LogP contribution in [0.1, 0.15) is 20.8 Å². The van der Waals surface area contributed by atoms with Crippen LogP contribution < -0.4 is 11.1 Å². The SMILES string of the molecule is NC(=O)c1nc(-c2c(Cl)cccc2Cl)oc1Nc1ccc(C(=O)N2CCS(=O)(=O)CC2)c(F)c1. The molecule has 0 spiro atoms. The molecule has 0 unspecified atom stereocenters. The van der Waals surface area contributed by atoms with Crippen molar-refractivity contribution >= 4 is 56.4 Å². The van der Waals surface area contributed by atoms with Gasteiger partial charge >= 0.3 is 0 Å². The Hall–Kier alpha value is -3.15. The fourth-order valence-corrected chi connectivity index (χ4v) is 5.12. The molecule has 0 radical (unpaired) electrons. The summed E-state index contributed by atoms with van der Waals surface area (Å²) in [7, 11) is -3.19. The molecule has 0 atom stereocenters. The number of nitrogens with two attached hydrogens (primary N) is 1. The van der Waals surface area contributed by atoms with Crippen LogP contribution in [0.15, 0.2) is 40.8 Å². The number of nitrogens with zero attached hydrogens (tertiary/aromatic N) is 2.